The number of rotatable bonds is 6. The average molecular weight is 398 g/mol. The van der Waals surface area contributed by atoms with E-state index in [4.69, 9.17) is 9.84 Å². The van der Waals surface area contributed by atoms with Crippen LogP contribution >= 0.6 is 15.9 Å². The highest BCUT2D eigenvalue weighted by Crippen LogP contribution is 2.38. The number of nitrogens with one attached hydrogen (secondary N) is 1. The van der Waals surface area contributed by atoms with Gasteiger partial charge in [-0.3, -0.25) is 0 Å². The Labute approximate surface area is 141 Å². The van der Waals surface area contributed by atoms with E-state index in [9.17, 15) is 18.0 Å². The first kappa shape index (κ1) is 19.6. The molecule has 23 heavy (non-hydrogen) atoms. The van der Waals surface area contributed by atoms with Gasteiger partial charge in [0.2, 0.25) is 0 Å². The summed E-state index contributed by atoms with van der Waals surface area (Å²) in [7, 11) is 0. The second-order valence-electron chi connectivity index (χ2n) is 6.02. The van der Waals surface area contributed by atoms with E-state index in [0.29, 0.717) is 6.42 Å². The lowest BCUT2D eigenvalue weighted by Crippen LogP contribution is -2.50. The normalized spacial score (nSPS) is 14.4. The maximum atomic E-state index is 13.1. The lowest BCUT2D eigenvalue weighted by molar-refractivity contribution is -0.139. The number of alkyl halides is 3. The zero-order valence-electron chi connectivity index (χ0n) is 13.0. The smallest absolute Gasteiger partial charge is 0.420 e. The Morgan fingerprint density at radius 2 is 2.00 bits per heavy atom. The average Bonchev–Trinajstić information content (AvgIpc) is 2.34. The summed E-state index contributed by atoms with van der Waals surface area (Å²) >= 11 is 3.00. The van der Waals surface area contributed by atoms with Crippen molar-refractivity contribution in [2.75, 3.05) is 6.61 Å². The van der Waals surface area contributed by atoms with Crippen LogP contribution in [0, 0.1) is 5.92 Å². The van der Waals surface area contributed by atoms with E-state index >= 15 is 0 Å². The van der Waals surface area contributed by atoms with Gasteiger partial charge in [-0.2, -0.15) is 13.2 Å². The van der Waals surface area contributed by atoms with Crippen LogP contribution in [0.5, 0.6) is 5.75 Å². The third-order valence-electron chi connectivity index (χ3n) is 3.06. The third kappa shape index (κ3) is 6.29. The fourth-order valence-electron chi connectivity index (χ4n) is 2.39. The van der Waals surface area contributed by atoms with Crippen LogP contribution in [0.3, 0.4) is 0 Å². The van der Waals surface area contributed by atoms with Gasteiger partial charge in [0.05, 0.1) is 11.1 Å². The molecule has 1 atom stereocenters. The molecule has 8 heteroatoms. The van der Waals surface area contributed by atoms with Crippen LogP contribution in [0.2, 0.25) is 0 Å². The molecule has 1 amide bonds. The van der Waals surface area contributed by atoms with Gasteiger partial charge in [0.1, 0.15) is 12.4 Å². The molecule has 0 heterocycles. The molecule has 1 rings (SSSR count). The molecule has 1 aromatic carbocycles. The SMILES string of the molecule is CC(C)CC(C)(COc1ccc(Br)cc1C(F)(F)F)NC(=O)O. The van der Waals surface area contributed by atoms with Gasteiger partial charge in [0.25, 0.3) is 0 Å². The standard InChI is InChI=1S/C15H19BrF3NO3/c1-9(2)7-14(3,20-13(21)22)8-23-12-5-4-10(16)6-11(12)15(17,18)19/h4-6,9,20H,7-8H2,1-3H3,(H,21,22). The van der Waals surface area contributed by atoms with Gasteiger partial charge >= 0.3 is 12.3 Å². The molecule has 0 fully saturated rings. The fraction of sp³-hybridized carbons (Fsp3) is 0.533. The second kappa shape index (κ2) is 7.42. The first-order valence-corrected chi connectivity index (χ1v) is 7.73. The minimum Gasteiger partial charge on any atom is -0.491 e. The molecule has 1 unspecified atom stereocenters. The summed E-state index contributed by atoms with van der Waals surface area (Å²) in [5, 5.41) is 11.3. The Morgan fingerprint density at radius 3 is 2.48 bits per heavy atom. The first-order valence-electron chi connectivity index (χ1n) is 6.93. The molecule has 0 radical (unpaired) electrons. The quantitative estimate of drug-likeness (QED) is 0.715. The molecular weight excluding hydrogens is 379 g/mol. The summed E-state index contributed by atoms with van der Waals surface area (Å²) in [5.41, 5.74) is -1.90. The van der Waals surface area contributed by atoms with E-state index in [2.05, 4.69) is 21.2 Å². The maximum absolute atomic E-state index is 13.1. The van der Waals surface area contributed by atoms with Gasteiger partial charge in [-0.25, -0.2) is 4.79 Å². The highest BCUT2D eigenvalue weighted by atomic mass is 79.9. The van der Waals surface area contributed by atoms with Crippen LogP contribution in [0.25, 0.3) is 0 Å². The molecule has 2 N–H and O–H groups in total. The van der Waals surface area contributed by atoms with Crippen molar-refractivity contribution < 1.29 is 27.8 Å². The van der Waals surface area contributed by atoms with Crippen molar-refractivity contribution in [1.82, 2.24) is 5.32 Å². The number of carbonyl (C=O) groups is 1. The van der Waals surface area contributed by atoms with Gasteiger partial charge in [-0.15, -0.1) is 0 Å². The zero-order valence-corrected chi connectivity index (χ0v) is 14.6. The molecular formula is C15H19BrF3NO3. The van der Waals surface area contributed by atoms with E-state index in [1.54, 1.807) is 6.92 Å². The van der Waals surface area contributed by atoms with E-state index < -0.39 is 23.4 Å². The molecule has 0 saturated carbocycles. The van der Waals surface area contributed by atoms with Crippen LogP contribution in [-0.4, -0.2) is 23.3 Å². The number of halogens is 4. The molecule has 0 bridgehead atoms. The van der Waals surface area contributed by atoms with Crippen molar-refractivity contribution in [2.24, 2.45) is 5.92 Å². The molecule has 130 valence electrons. The van der Waals surface area contributed by atoms with Gasteiger partial charge < -0.3 is 15.2 Å². The predicted molar refractivity (Wildman–Crippen MR) is 83.7 cm³/mol. The summed E-state index contributed by atoms with van der Waals surface area (Å²) in [5.74, 6) is -0.190. The van der Waals surface area contributed by atoms with Gasteiger partial charge in [0.15, 0.2) is 0 Å². The van der Waals surface area contributed by atoms with Crippen molar-refractivity contribution >= 4 is 22.0 Å². The van der Waals surface area contributed by atoms with E-state index in [0.717, 1.165) is 6.07 Å². The third-order valence-corrected chi connectivity index (χ3v) is 3.55. The topological polar surface area (TPSA) is 58.6 Å². The number of hydrogen-bond acceptors (Lipinski definition) is 2. The minimum absolute atomic E-state index is 0.141. The van der Waals surface area contributed by atoms with Crippen molar-refractivity contribution in [3.05, 3.63) is 28.2 Å². The lowest BCUT2D eigenvalue weighted by atomic mass is 9.91. The van der Waals surface area contributed by atoms with Crippen molar-refractivity contribution in [1.29, 1.82) is 0 Å². The van der Waals surface area contributed by atoms with Crippen molar-refractivity contribution in [3.63, 3.8) is 0 Å². The Hall–Kier alpha value is -1.44. The molecule has 0 aromatic heterocycles. The van der Waals surface area contributed by atoms with Crippen LogP contribution in [-0.2, 0) is 6.18 Å². The number of benzene rings is 1. The largest absolute Gasteiger partial charge is 0.491 e. The lowest BCUT2D eigenvalue weighted by Gasteiger charge is -2.31. The van der Waals surface area contributed by atoms with Crippen molar-refractivity contribution in [2.45, 2.75) is 38.9 Å². The predicted octanol–water partition coefficient (Wildman–Crippen LogP) is 4.92. The van der Waals surface area contributed by atoms with Gasteiger partial charge in [0, 0.05) is 4.47 Å². The zero-order chi connectivity index (χ0) is 17.8. The van der Waals surface area contributed by atoms with Crippen LogP contribution < -0.4 is 10.1 Å². The number of hydrogen-bond donors (Lipinski definition) is 2. The summed E-state index contributed by atoms with van der Waals surface area (Å²) in [6.07, 6.45) is -5.38. The first-order chi connectivity index (χ1) is 10.4. The van der Waals surface area contributed by atoms with Crippen LogP contribution in [0.15, 0.2) is 22.7 Å². The Morgan fingerprint density at radius 1 is 1.39 bits per heavy atom. The summed E-state index contributed by atoms with van der Waals surface area (Å²) < 4.78 is 44.8. The Bertz CT molecular complexity index is 563. The number of amides is 1. The van der Waals surface area contributed by atoms with Crippen LogP contribution in [0.1, 0.15) is 32.8 Å². The summed E-state index contributed by atoms with van der Waals surface area (Å²) in [4.78, 5) is 10.9. The van der Waals surface area contributed by atoms with E-state index in [1.807, 2.05) is 13.8 Å². The molecule has 1 aromatic rings. The monoisotopic (exact) mass is 397 g/mol. The summed E-state index contributed by atoms with van der Waals surface area (Å²) in [6.45, 7) is 5.18. The molecule has 0 saturated heterocycles. The molecule has 0 aliphatic carbocycles. The Kier molecular flexibility index (Phi) is 6.33. The highest BCUT2D eigenvalue weighted by molar-refractivity contribution is 9.10. The van der Waals surface area contributed by atoms with Gasteiger partial charge in [-0.1, -0.05) is 29.8 Å². The second-order valence-corrected chi connectivity index (χ2v) is 6.93. The molecule has 0 aliphatic heterocycles. The fourth-order valence-corrected chi connectivity index (χ4v) is 2.75. The molecule has 4 nitrogen and oxygen atoms in total. The maximum Gasteiger partial charge on any atom is 0.420 e. The number of carboxylic acid groups (broad SMARTS) is 1. The van der Waals surface area contributed by atoms with Gasteiger partial charge in [-0.05, 0) is 37.5 Å². The summed E-state index contributed by atoms with van der Waals surface area (Å²) in [6, 6.07) is 3.58. The van der Waals surface area contributed by atoms with E-state index in [-0.39, 0.29) is 22.7 Å². The highest BCUT2D eigenvalue weighted by Gasteiger charge is 2.36. The van der Waals surface area contributed by atoms with Crippen molar-refractivity contribution in [3.8, 4) is 5.75 Å². The molecule has 0 aliphatic rings. The molecule has 0 spiro atoms. The minimum atomic E-state index is -4.56. The van der Waals surface area contributed by atoms with E-state index in [1.165, 1.54) is 12.1 Å². The Balaban J connectivity index is 3.00. The van der Waals surface area contributed by atoms with Crippen LogP contribution in [0.4, 0.5) is 18.0 Å². The number of ether oxygens (including phenoxy) is 1.